The van der Waals surface area contributed by atoms with Crippen LogP contribution in [0.3, 0.4) is 0 Å². The van der Waals surface area contributed by atoms with Crippen molar-refractivity contribution in [3.63, 3.8) is 0 Å². The van der Waals surface area contributed by atoms with Gasteiger partial charge in [-0.15, -0.1) is 0 Å². The zero-order chi connectivity index (χ0) is 9.14. The predicted octanol–water partition coefficient (Wildman–Crippen LogP) is 3.75. The highest BCUT2D eigenvalue weighted by atomic mass is 79.9. The first-order valence-corrected chi connectivity index (χ1v) is 5.01. The number of ether oxygens (including phenoxy) is 1. The maximum atomic E-state index is 13.0. The molecular weight excluding hydrogens is 291 g/mol. The van der Waals surface area contributed by atoms with Crippen molar-refractivity contribution in [2.45, 2.75) is 6.92 Å². The fourth-order valence-corrected chi connectivity index (χ4v) is 1.93. The Labute approximate surface area is 87.2 Å². The smallest absolute Gasteiger partial charge is 0.151 e. The first kappa shape index (κ1) is 9.99. The van der Waals surface area contributed by atoms with Crippen LogP contribution in [0.4, 0.5) is 4.39 Å². The lowest BCUT2D eigenvalue weighted by Gasteiger charge is -2.04. The maximum absolute atomic E-state index is 13.0. The van der Waals surface area contributed by atoms with Gasteiger partial charge in [-0.2, -0.15) is 0 Å². The molecule has 0 fully saturated rings. The number of benzene rings is 1. The quantitative estimate of drug-likeness (QED) is 0.756. The zero-order valence-corrected chi connectivity index (χ0v) is 9.58. The second-order valence-corrected chi connectivity index (χ2v) is 3.84. The maximum Gasteiger partial charge on any atom is 0.151 e. The highest BCUT2D eigenvalue weighted by Gasteiger charge is 2.06. The first-order valence-electron chi connectivity index (χ1n) is 3.42. The Kier molecular flexibility index (Phi) is 3.53. The number of rotatable bonds is 2. The Morgan fingerprint density at radius 3 is 2.25 bits per heavy atom. The molecule has 0 aromatic heterocycles. The summed E-state index contributed by atoms with van der Waals surface area (Å²) in [6.45, 7) is 2.45. The normalized spacial score (nSPS) is 10.0. The fraction of sp³-hybridized carbons (Fsp3) is 0.250. The molecule has 0 heterocycles. The molecule has 0 aliphatic heterocycles. The minimum Gasteiger partial charge on any atom is -0.494 e. The summed E-state index contributed by atoms with van der Waals surface area (Å²) in [6, 6.07) is 3.20. The average molecular weight is 298 g/mol. The summed E-state index contributed by atoms with van der Waals surface area (Å²) in [6.07, 6.45) is 0. The van der Waals surface area contributed by atoms with Crippen LogP contribution in [0.25, 0.3) is 0 Å². The van der Waals surface area contributed by atoms with E-state index in [0.29, 0.717) is 21.3 Å². The third-order valence-corrected chi connectivity index (χ3v) is 2.42. The van der Waals surface area contributed by atoms with E-state index in [4.69, 9.17) is 4.74 Å². The molecule has 0 saturated heterocycles. The van der Waals surface area contributed by atoms with Crippen molar-refractivity contribution < 1.29 is 9.13 Å². The minimum atomic E-state index is -0.307. The van der Waals surface area contributed by atoms with Gasteiger partial charge in [-0.1, -0.05) is 0 Å². The standard InChI is InChI=1S/C8H7Br2FO/c1-2-12-5-3-6(9)8(11)7(10)4-5/h3-4H,2H2,1H3. The van der Waals surface area contributed by atoms with E-state index >= 15 is 0 Å². The Balaban J connectivity index is 3.04. The SMILES string of the molecule is CCOc1cc(Br)c(F)c(Br)c1. The van der Waals surface area contributed by atoms with Crippen LogP contribution in [0.5, 0.6) is 5.75 Å². The van der Waals surface area contributed by atoms with Gasteiger partial charge in [-0.3, -0.25) is 0 Å². The molecule has 1 aromatic rings. The van der Waals surface area contributed by atoms with Gasteiger partial charge in [0, 0.05) is 0 Å². The third-order valence-electron chi connectivity index (χ3n) is 1.27. The van der Waals surface area contributed by atoms with E-state index in [1.165, 1.54) is 0 Å². The van der Waals surface area contributed by atoms with Crippen molar-refractivity contribution in [1.82, 2.24) is 0 Å². The van der Waals surface area contributed by atoms with Gasteiger partial charge >= 0.3 is 0 Å². The van der Waals surface area contributed by atoms with Crippen molar-refractivity contribution >= 4 is 31.9 Å². The van der Waals surface area contributed by atoms with Crippen molar-refractivity contribution in [2.75, 3.05) is 6.61 Å². The minimum absolute atomic E-state index is 0.307. The molecule has 0 aliphatic rings. The van der Waals surface area contributed by atoms with E-state index in [0.717, 1.165) is 0 Å². The Morgan fingerprint density at radius 2 is 1.83 bits per heavy atom. The van der Waals surface area contributed by atoms with E-state index in [1.807, 2.05) is 6.92 Å². The van der Waals surface area contributed by atoms with E-state index in [9.17, 15) is 4.39 Å². The van der Waals surface area contributed by atoms with E-state index in [-0.39, 0.29) is 5.82 Å². The van der Waals surface area contributed by atoms with E-state index in [1.54, 1.807) is 12.1 Å². The molecule has 0 N–H and O–H groups in total. The third kappa shape index (κ3) is 2.20. The number of halogens is 3. The van der Waals surface area contributed by atoms with Crippen LogP contribution in [0.2, 0.25) is 0 Å². The Hall–Kier alpha value is -0.0900. The lowest BCUT2D eigenvalue weighted by atomic mass is 10.3. The summed E-state index contributed by atoms with van der Waals surface area (Å²) in [5, 5.41) is 0. The molecule has 0 amide bonds. The molecule has 0 saturated carbocycles. The lowest BCUT2D eigenvalue weighted by Crippen LogP contribution is -1.92. The second-order valence-electron chi connectivity index (χ2n) is 2.13. The predicted molar refractivity (Wildman–Crippen MR) is 53.0 cm³/mol. The summed E-state index contributed by atoms with van der Waals surface area (Å²) in [7, 11) is 0. The molecule has 0 bridgehead atoms. The van der Waals surface area contributed by atoms with Crippen LogP contribution in [0, 0.1) is 5.82 Å². The molecular formula is C8H7Br2FO. The molecule has 1 nitrogen and oxygen atoms in total. The van der Waals surface area contributed by atoms with Crippen LogP contribution < -0.4 is 4.74 Å². The molecule has 12 heavy (non-hydrogen) atoms. The van der Waals surface area contributed by atoms with Gasteiger partial charge in [-0.05, 0) is 50.9 Å². The van der Waals surface area contributed by atoms with Crippen molar-refractivity contribution in [3.8, 4) is 5.75 Å². The highest BCUT2D eigenvalue weighted by molar-refractivity contribution is 9.11. The molecule has 1 rings (SSSR count). The average Bonchev–Trinajstić information content (AvgIpc) is 2.01. The van der Waals surface area contributed by atoms with Gasteiger partial charge in [0.15, 0.2) is 5.82 Å². The van der Waals surface area contributed by atoms with E-state index < -0.39 is 0 Å². The molecule has 0 aliphatic carbocycles. The molecule has 66 valence electrons. The zero-order valence-electron chi connectivity index (χ0n) is 6.40. The van der Waals surface area contributed by atoms with Crippen LogP contribution in [0.1, 0.15) is 6.92 Å². The monoisotopic (exact) mass is 296 g/mol. The van der Waals surface area contributed by atoms with Gasteiger partial charge < -0.3 is 4.74 Å². The fourth-order valence-electron chi connectivity index (χ4n) is 0.782. The van der Waals surface area contributed by atoms with Crippen molar-refractivity contribution in [1.29, 1.82) is 0 Å². The van der Waals surface area contributed by atoms with Gasteiger partial charge in [-0.25, -0.2) is 4.39 Å². The highest BCUT2D eigenvalue weighted by Crippen LogP contribution is 2.29. The van der Waals surface area contributed by atoms with Crippen LogP contribution in [-0.4, -0.2) is 6.61 Å². The summed E-state index contributed by atoms with van der Waals surface area (Å²) >= 11 is 6.16. The molecule has 0 radical (unpaired) electrons. The molecule has 4 heteroatoms. The molecule has 1 aromatic carbocycles. The Morgan fingerprint density at radius 1 is 1.33 bits per heavy atom. The molecule has 0 unspecified atom stereocenters. The van der Waals surface area contributed by atoms with Gasteiger partial charge in [0.05, 0.1) is 15.6 Å². The van der Waals surface area contributed by atoms with Crippen molar-refractivity contribution in [2.24, 2.45) is 0 Å². The summed E-state index contributed by atoms with van der Waals surface area (Å²) in [4.78, 5) is 0. The van der Waals surface area contributed by atoms with Crippen molar-refractivity contribution in [3.05, 3.63) is 26.9 Å². The molecule has 0 spiro atoms. The largest absolute Gasteiger partial charge is 0.494 e. The molecule has 0 atom stereocenters. The Bertz CT molecular complexity index is 265. The lowest BCUT2D eigenvalue weighted by molar-refractivity contribution is 0.339. The van der Waals surface area contributed by atoms with Gasteiger partial charge in [0.25, 0.3) is 0 Å². The number of hydrogen-bond donors (Lipinski definition) is 0. The van der Waals surface area contributed by atoms with Crippen LogP contribution >= 0.6 is 31.9 Å². The van der Waals surface area contributed by atoms with Crippen LogP contribution in [-0.2, 0) is 0 Å². The van der Waals surface area contributed by atoms with E-state index in [2.05, 4.69) is 31.9 Å². The topological polar surface area (TPSA) is 9.23 Å². The summed E-state index contributed by atoms with van der Waals surface area (Å²) in [5.41, 5.74) is 0. The van der Waals surface area contributed by atoms with Crippen LogP contribution in [0.15, 0.2) is 21.1 Å². The summed E-state index contributed by atoms with van der Waals surface area (Å²) in [5.74, 6) is 0.344. The van der Waals surface area contributed by atoms with Gasteiger partial charge in [0.1, 0.15) is 5.75 Å². The number of hydrogen-bond acceptors (Lipinski definition) is 1. The summed E-state index contributed by atoms with van der Waals surface area (Å²) < 4.78 is 19.0. The first-order chi connectivity index (χ1) is 5.65. The van der Waals surface area contributed by atoms with Gasteiger partial charge in [0.2, 0.25) is 0 Å². The second kappa shape index (κ2) is 4.23.